The molecule has 3 aromatic rings. The Morgan fingerprint density at radius 2 is 1.82 bits per heavy atom. The fraction of sp³-hybridized carbons (Fsp3) is 0.409. The summed E-state index contributed by atoms with van der Waals surface area (Å²) in [4.78, 5) is 18.1. The van der Waals surface area contributed by atoms with Crippen LogP contribution in [0.25, 0.3) is 21.8 Å². The Kier molecular flexibility index (Phi) is 6.41. The van der Waals surface area contributed by atoms with Gasteiger partial charge in [-0.15, -0.1) is 0 Å². The second kappa shape index (κ2) is 8.97. The zero-order valence-electron chi connectivity index (χ0n) is 16.8. The lowest BCUT2D eigenvalue weighted by Crippen LogP contribution is -2.25. The van der Waals surface area contributed by atoms with Gasteiger partial charge in [0, 0.05) is 22.9 Å². The van der Waals surface area contributed by atoms with E-state index in [0.29, 0.717) is 5.52 Å². The maximum absolute atomic E-state index is 11.5. The minimum Gasteiger partial charge on any atom is -0.381 e. The number of hydrogen-bond donors (Lipinski definition) is 1. The molecule has 0 aliphatic heterocycles. The summed E-state index contributed by atoms with van der Waals surface area (Å²) in [6, 6.07) is 13.2. The molecule has 0 saturated heterocycles. The first kappa shape index (κ1) is 20.0. The summed E-state index contributed by atoms with van der Waals surface area (Å²) in [6.07, 6.45) is 2.14. The summed E-state index contributed by atoms with van der Waals surface area (Å²) in [6.45, 7) is 9.77. The summed E-state index contributed by atoms with van der Waals surface area (Å²) >= 11 is 0. The summed E-state index contributed by atoms with van der Waals surface area (Å²) < 4.78 is 0. The molecule has 0 fully saturated rings. The van der Waals surface area contributed by atoms with Gasteiger partial charge in [0.1, 0.15) is 0 Å². The molecule has 0 aliphatic carbocycles. The number of non-ortho nitro benzene ring substituents is 1. The normalized spacial score (nSPS) is 12.6. The van der Waals surface area contributed by atoms with E-state index in [2.05, 4.69) is 36.0 Å². The van der Waals surface area contributed by atoms with Gasteiger partial charge in [-0.3, -0.25) is 10.1 Å². The Balaban J connectivity index is 1.94. The van der Waals surface area contributed by atoms with Crippen LogP contribution in [0.15, 0.2) is 42.5 Å². The number of para-hydroxylation sites is 2. The topological polar surface area (TPSA) is 71.3 Å². The Bertz CT molecular complexity index is 969. The number of anilines is 1. The second-order valence-corrected chi connectivity index (χ2v) is 7.15. The highest BCUT2D eigenvalue weighted by Crippen LogP contribution is 2.35. The molecule has 1 heterocycles. The highest BCUT2D eigenvalue weighted by molar-refractivity contribution is 6.09. The minimum atomic E-state index is -0.360. The van der Waals surface area contributed by atoms with Crippen molar-refractivity contribution in [3.05, 3.63) is 52.6 Å². The largest absolute Gasteiger partial charge is 0.381 e. The van der Waals surface area contributed by atoms with Crippen LogP contribution in [0.4, 0.5) is 11.4 Å². The van der Waals surface area contributed by atoms with Crippen LogP contribution in [0.5, 0.6) is 0 Å². The van der Waals surface area contributed by atoms with Crippen LogP contribution in [-0.2, 0) is 0 Å². The third-order valence-electron chi connectivity index (χ3n) is 5.28. The number of rotatable bonds is 9. The number of pyridine rings is 1. The molecule has 0 saturated carbocycles. The molecule has 6 nitrogen and oxygen atoms in total. The van der Waals surface area contributed by atoms with Crippen molar-refractivity contribution in [2.45, 2.75) is 39.7 Å². The van der Waals surface area contributed by atoms with Gasteiger partial charge < -0.3 is 10.2 Å². The predicted octanol–water partition coefficient (Wildman–Crippen LogP) is 5.22. The van der Waals surface area contributed by atoms with Crippen molar-refractivity contribution in [2.75, 3.05) is 25.0 Å². The molecule has 148 valence electrons. The quantitative estimate of drug-likeness (QED) is 0.313. The first-order valence-corrected chi connectivity index (χ1v) is 9.99. The van der Waals surface area contributed by atoms with Crippen LogP contribution >= 0.6 is 0 Å². The van der Waals surface area contributed by atoms with E-state index < -0.39 is 0 Å². The van der Waals surface area contributed by atoms with Gasteiger partial charge in [-0.05, 0) is 45.5 Å². The second-order valence-electron chi connectivity index (χ2n) is 7.15. The number of nitrogens with one attached hydrogen (secondary N) is 1. The van der Waals surface area contributed by atoms with Crippen LogP contribution in [0, 0.1) is 10.1 Å². The highest BCUT2D eigenvalue weighted by atomic mass is 16.6. The van der Waals surface area contributed by atoms with E-state index in [1.807, 2.05) is 30.3 Å². The van der Waals surface area contributed by atoms with E-state index in [4.69, 9.17) is 0 Å². The maximum atomic E-state index is 11.5. The number of nitrogens with zero attached hydrogens (tertiary/aromatic N) is 3. The fourth-order valence-electron chi connectivity index (χ4n) is 3.68. The van der Waals surface area contributed by atoms with Crippen molar-refractivity contribution in [3.63, 3.8) is 0 Å². The van der Waals surface area contributed by atoms with Gasteiger partial charge in [-0.1, -0.05) is 44.2 Å². The van der Waals surface area contributed by atoms with Crippen molar-refractivity contribution in [1.29, 1.82) is 0 Å². The van der Waals surface area contributed by atoms with Crippen molar-refractivity contribution in [1.82, 2.24) is 9.88 Å². The van der Waals surface area contributed by atoms with Crippen LogP contribution in [0.1, 0.15) is 33.6 Å². The average Bonchev–Trinajstić information content (AvgIpc) is 2.70. The molecule has 6 heteroatoms. The lowest BCUT2D eigenvalue weighted by molar-refractivity contribution is -0.383. The molecule has 2 aromatic carbocycles. The Morgan fingerprint density at radius 3 is 2.54 bits per heavy atom. The maximum Gasteiger partial charge on any atom is 0.295 e. The third kappa shape index (κ3) is 4.22. The van der Waals surface area contributed by atoms with Crippen LogP contribution in [0.2, 0.25) is 0 Å². The molecule has 28 heavy (non-hydrogen) atoms. The number of hydrogen-bond acceptors (Lipinski definition) is 5. The molecule has 1 N–H and O–H groups in total. The van der Waals surface area contributed by atoms with E-state index >= 15 is 0 Å². The van der Waals surface area contributed by atoms with Crippen molar-refractivity contribution >= 4 is 33.2 Å². The van der Waals surface area contributed by atoms with E-state index in [-0.39, 0.29) is 16.7 Å². The molecule has 1 aromatic heterocycles. The van der Waals surface area contributed by atoms with Crippen molar-refractivity contribution in [2.24, 2.45) is 0 Å². The van der Waals surface area contributed by atoms with Crippen LogP contribution in [-0.4, -0.2) is 40.5 Å². The monoisotopic (exact) mass is 380 g/mol. The smallest absolute Gasteiger partial charge is 0.295 e. The summed E-state index contributed by atoms with van der Waals surface area (Å²) in [5, 5.41) is 16.9. The summed E-state index contributed by atoms with van der Waals surface area (Å²) in [5.74, 6) is 0. The van der Waals surface area contributed by atoms with Crippen LogP contribution in [0.3, 0.4) is 0 Å². The van der Waals surface area contributed by atoms with Gasteiger partial charge in [0.05, 0.1) is 16.1 Å². The molecule has 0 bridgehead atoms. The number of nitro benzene ring substituents is 1. The van der Waals surface area contributed by atoms with Crippen molar-refractivity contribution < 1.29 is 4.92 Å². The van der Waals surface area contributed by atoms with Crippen LogP contribution < -0.4 is 5.32 Å². The lowest BCUT2D eigenvalue weighted by Gasteiger charge is -2.21. The van der Waals surface area contributed by atoms with Gasteiger partial charge in [0.2, 0.25) is 0 Å². The molecule has 0 aliphatic rings. The minimum absolute atomic E-state index is 0.0421. The Labute approximate surface area is 165 Å². The van der Waals surface area contributed by atoms with Gasteiger partial charge in [-0.2, -0.15) is 0 Å². The molecule has 0 radical (unpaired) electrons. The average molecular weight is 380 g/mol. The third-order valence-corrected chi connectivity index (χ3v) is 5.28. The molecular weight excluding hydrogens is 352 g/mol. The highest BCUT2D eigenvalue weighted by Gasteiger charge is 2.18. The number of fused-ring (bicyclic) bond motifs is 2. The first-order chi connectivity index (χ1) is 13.5. The molecular formula is C22H28N4O2. The molecule has 3 rings (SSSR count). The molecule has 0 spiro atoms. The molecule has 0 amide bonds. The van der Waals surface area contributed by atoms with E-state index in [9.17, 15) is 10.1 Å². The zero-order chi connectivity index (χ0) is 20.1. The SMILES string of the molecule is CCN(CC)CCCC(C)Nc1c2ccccc2nc2c([N+](=O)[O-])cccc12. The zero-order valence-corrected chi connectivity index (χ0v) is 16.8. The van der Waals surface area contributed by atoms with Gasteiger partial charge >= 0.3 is 0 Å². The first-order valence-electron chi connectivity index (χ1n) is 9.99. The molecule has 1 unspecified atom stereocenters. The van der Waals surface area contributed by atoms with Gasteiger partial charge in [0.25, 0.3) is 5.69 Å². The number of aromatic nitrogens is 1. The number of nitro groups is 1. The standard InChI is InChI=1S/C22H28N4O2/c1-4-25(5-2)15-9-10-16(3)23-21-17-11-6-7-13-19(17)24-22-18(21)12-8-14-20(22)26(27)28/h6-8,11-14,16H,4-5,9-10,15H2,1-3H3,(H,23,24). The molecule has 1 atom stereocenters. The lowest BCUT2D eigenvalue weighted by atomic mass is 10.0. The van der Waals surface area contributed by atoms with E-state index in [1.54, 1.807) is 6.07 Å². The van der Waals surface area contributed by atoms with Gasteiger partial charge in [-0.25, -0.2) is 4.98 Å². The Hall–Kier alpha value is -2.73. The van der Waals surface area contributed by atoms with E-state index in [1.165, 1.54) is 6.07 Å². The van der Waals surface area contributed by atoms with Gasteiger partial charge in [0.15, 0.2) is 5.52 Å². The van der Waals surface area contributed by atoms with Crippen molar-refractivity contribution in [3.8, 4) is 0 Å². The fourth-order valence-corrected chi connectivity index (χ4v) is 3.68. The Morgan fingerprint density at radius 1 is 1.11 bits per heavy atom. The van der Waals surface area contributed by atoms with E-state index in [0.717, 1.165) is 54.5 Å². The predicted molar refractivity (Wildman–Crippen MR) is 116 cm³/mol. The summed E-state index contributed by atoms with van der Waals surface area (Å²) in [7, 11) is 0. The number of benzene rings is 2. The summed E-state index contributed by atoms with van der Waals surface area (Å²) in [5.41, 5.74) is 2.17.